The average molecular weight is 336 g/mol. The predicted octanol–water partition coefficient (Wildman–Crippen LogP) is 4.07. The highest BCUT2D eigenvalue weighted by Gasteiger charge is 2.45. The average Bonchev–Trinajstić information content (AvgIpc) is 2.49. The van der Waals surface area contributed by atoms with E-state index >= 15 is 0 Å². The molecule has 0 aliphatic carbocycles. The van der Waals surface area contributed by atoms with Crippen LogP contribution >= 0.6 is 0 Å². The monoisotopic (exact) mass is 336 g/mol. The Morgan fingerprint density at radius 3 is 2.17 bits per heavy atom. The van der Waals surface area contributed by atoms with Crippen LogP contribution in [0.25, 0.3) is 0 Å². The molecule has 1 aromatic rings. The smallest absolute Gasteiger partial charge is 0.312 e. The van der Waals surface area contributed by atoms with Gasteiger partial charge in [0.1, 0.15) is 25.1 Å². The summed E-state index contributed by atoms with van der Waals surface area (Å²) in [4.78, 5) is 12.7. The molecule has 1 N–H and O–H groups in total. The number of rotatable bonds is 8. The van der Waals surface area contributed by atoms with Gasteiger partial charge in [-0.3, -0.25) is 4.79 Å². The minimum atomic E-state index is -0.850. The van der Waals surface area contributed by atoms with Gasteiger partial charge in [-0.15, -0.1) is 0 Å². The van der Waals surface area contributed by atoms with E-state index in [4.69, 9.17) is 9.47 Å². The zero-order valence-corrected chi connectivity index (χ0v) is 15.8. The highest BCUT2D eigenvalue weighted by Crippen LogP contribution is 2.44. The molecule has 1 rings (SSSR count). The molecule has 2 unspecified atom stereocenters. The number of benzene rings is 1. The number of carbonyl (C=O) groups is 1. The lowest BCUT2D eigenvalue weighted by Gasteiger charge is -2.41. The van der Waals surface area contributed by atoms with Crippen LogP contribution in [0, 0.1) is 16.7 Å². The van der Waals surface area contributed by atoms with Gasteiger partial charge in [0.25, 0.3) is 0 Å². The summed E-state index contributed by atoms with van der Waals surface area (Å²) in [7, 11) is 0. The number of esters is 1. The number of hydrogen-bond acceptors (Lipinski definition) is 4. The maximum Gasteiger partial charge on any atom is 0.312 e. The molecule has 0 radical (unpaired) electrons. The summed E-state index contributed by atoms with van der Waals surface area (Å²) in [6.45, 7) is 12.3. The number of ether oxygens (including phenoxy) is 2. The quantitative estimate of drug-likeness (QED) is 0.727. The van der Waals surface area contributed by atoms with Crippen LogP contribution in [-0.4, -0.2) is 30.4 Å². The lowest BCUT2D eigenvalue weighted by atomic mass is 9.64. The number of carbonyl (C=O) groups excluding carboxylic acids is 1. The van der Waals surface area contributed by atoms with Gasteiger partial charge in [-0.05, 0) is 36.8 Å². The second-order valence-electron chi connectivity index (χ2n) is 8.06. The third-order valence-electron chi connectivity index (χ3n) is 4.51. The molecule has 0 amide bonds. The van der Waals surface area contributed by atoms with Gasteiger partial charge >= 0.3 is 5.97 Å². The fourth-order valence-electron chi connectivity index (χ4n) is 2.60. The van der Waals surface area contributed by atoms with E-state index in [1.165, 1.54) is 0 Å². The fraction of sp³-hybridized carbons (Fsp3) is 0.650. The van der Waals surface area contributed by atoms with Crippen molar-refractivity contribution in [2.75, 3.05) is 13.2 Å². The normalized spacial score (nSPS) is 15.7. The van der Waals surface area contributed by atoms with Crippen molar-refractivity contribution in [3.05, 3.63) is 30.3 Å². The second-order valence-corrected chi connectivity index (χ2v) is 8.06. The fourth-order valence-corrected chi connectivity index (χ4v) is 2.60. The summed E-state index contributed by atoms with van der Waals surface area (Å²) in [6, 6.07) is 9.26. The van der Waals surface area contributed by atoms with Crippen molar-refractivity contribution < 1.29 is 19.4 Å². The second kappa shape index (κ2) is 8.52. The summed E-state index contributed by atoms with van der Waals surface area (Å²) < 4.78 is 10.9. The third-order valence-corrected chi connectivity index (χ3v) is 4.51. The molecule has 1 aromatic carbocycles. The number of hydrogen-bond donors (Lipinski definition) is 1. The van der Waals surface area contributed by atoms with Gasteiger partial charge in [-0.1, -0.05) is 52.8 Å². The molecule has 136 valence electrons. The molecule has 0 aliphatic heterocycles. The van der Waals surface area contributed by atoms with Crippen LogP contribution in [0.15, 0.2) is 30.3 Å². The number of aliphatic hydroxyl groups excluding tert-OH is 1. The van der Waals surface area contributed by atoms with Gasteiger partial charge in [-0.25, -0.2) is 0 Å². The Bertz CT molecular complexity index is 504. The molecule has 0 aliphatic rings. The van der Waals surface area contributed by atoms with E-state index in [0.717, 1.165) is 6.42 Å². The molecule has 0 heterocycles. The Labute approximate surface area is 146 Å². The van der Waals surface area contributed by atoms with Gasteiger partial charge in [-0.2, -0.15) is 0 Å². The van der Waals surface area contributed by atoms with Crippen LogP contribution in [0.4, 0.5) is 0 Å². The van der Waals surface area contributed by atoms with Crippen molar-refractivity contribution in [1.29, 1.82) is 0 Å². The molecule has 4 heteroatoms. The molecule has 0 fully saturated rings. The first kappa shape index (κ1) is 20.5. The van der Waals surface area contributed by atoms with Crippen LogP contribution in [0.1, 0.15) is 48.0 Å². The van der Waals surface area contributed by atoms with Gasteiger partial charge in [0.2, 0.25) is 0 Å². The van der Waals surface area contributed by atoms with E-state index in [9.17, 15) is 9.90 Å². The summed E-state index contributed by atoms with van der Waals surface area (Å²) in [5.74, 6) is 0.804. The first-order chi connectivity index (χ1) is 11.1. The van der Waals surface area contributed by atoms with E-state index in [1.807, 2.05) is 58.0 Å². The van der Waals surface area contributed by atoms with Crippen molar-refractivity contribution in [3.63, 3.8) is 0 Å². The molecule has 0 saturated carbocycles. The van der Waals surface area contributed by atoms with Crippen LogP contribution in [0.5, 0.6) is 5.75 Å². The highest BCUT2D eigenvalue weighted by atomic mass is 16.5. The maximum absolute atomic E-state index is 12.7. The summed E-state index contributed by atoms with van der Waals surface area (Å²) in [6.07, 6.45) is -0.108. The number of para-hydroxylation sites is 1. The first-order valence-corrected chi connectivity index (χ1v) is 8.59. The van der Waals surface area contributed by atoms with Gasteiger partial charge in [0, 0.05) is 0 Å². The Kier molecular flexibility index (Phi) is 7.27. The maximum atomic E-state index is 12.7. The minimum absolute atomic E-state index is 0.0601. The van der Waals surface area contributed by atoms with Crippen LogP contribution in [0.3, 0.4) is 0 Å². The Hall–Kier alpha value is -1.55. The van der Waals surface area contributed by atoms with Crippen LogP contribution in [0.2, 0.25) is 0 Å². The Morgan fingerprint density at radius 1 is 1.08 bits per heavy atom. The van der Waals surface area contributed by atoms with Gasteiger partial charge in [0.05, 0.1) is 5.41 Å². The number of aliphatic hydroxyl groups is 1. The third kappa shape index (κ3) is 5.82. The molecule has 0 aromatic heterocycles. The lowest BCUT2D eigenvalue weighted by Crippen LogP contribution is -2.43. The topological polar surface area (TPSA) is 55.8 Å². The Morgan fingerprint density at radius 2 is 1.67 bits per heavy atom. The zero-order chi connectivity index (χ0) is 18.4. The molecule has 24 heavy (non-hydrogen) atoms. The van der Waals surface area contributed by atoms with E-state index in [-0.39, 0.29) is 24.6 Å². The lowest BCUT2D eigenvalue weighted by molar-refractivity contribution is -0.167. The largest absolute Gasteiger partial charge is 0.491 e. The molecule has 2 atom stereocenters. The van der Waals surface area contributed by atoms with Crippen molar-refractivity contribution in [2.45, 2.75) is 54.1 Å². The molecular weight excluding hydrogens is 304 g/mol. The van der Waals surface area contributed by atoms with Crippen molar-refractivity contribution >= 4 is 5.97 Å². The SMILES string of the molecule is CC(C)CC(C)(C(=O)OCC(O)COc1ccccc1)C(C)(C)C. The van der Waals surface area contributed by atoms with Crippen LogP contribution < -0.4 is 4.74 Å². The van der Waals surface area contributed by atoms with Gasteiger partial charge < -0.3 is 14.6 Å². The molecule has 0 bridgehead atoms. The van der Waals surface area contributed by atoms with E-state index in [1.54, 1.807) is 0 Å². The molecular formula is C20H32O4. The highest BCUT2D eigenvalue weighted by molar-refractivity contribution is 5.77. The van der Waals surface area contributed by atoms with Crippen molar-refractivity contribution in [3.8, 4) is 5.75 Å². The minimum Gasteiger partial charge on any atom is -0.491 e. The Balaban J connectivity index is 2.55. The van der Waals surface area contributed by atoms with E-state index in [0.29, 0.717) is 11.7 Å². The van der Waals surface area contributed by atoms with Crippen LogP contribution in [-0.2, 0) is 9.53 Å². The van der Waals surface area contributed by atoms with Crippen molar-refractivity contribution in [2.24, 2.45) is 16.7 Å². The predicted molar refractivity (Wildman–Crippen MR) is 95.9 cm³/mol. The molecule has 4 nitrogen and oxygen atoms in total. The summed E-state index contributed by atoms with van der Waals surface area (Å²) in [5, 5.41) is 10.0. The molecule has 0 saturated heterocycles. The molecule has 0 spiro atoms. The first-order valence-electron chi connectivity index (χ1n) is 8.59. The van der Waals surface area contributed by atoms with E-state index < -0.39 is 11.5 Å². The zero-order valence-electron chi connectivity index (χ0n) is 15.8. The summed E-state index contributed by atoms with van der Waals surface area (Å²) >= 11 is 0. The van der Waals surface area contributed by atoms with E-state index in [2.05, 4.69) is 13.8 Å². The standard InChI is InChI=1S/C20H32O4/c1-15(2)12-20(6,19(3,4)5)18(22)24-14-16(21)13-23-17-10-8-7-9-11-17/h7-11,15-16,21H,12-14H2,1-6H3. The van der Waals surface area contributed by atoms with Gasteiger partial charge in [0.15, 0.2) is 0 Å². The summed E-state index contributed by atoms with van der Waals surface area (Å²) in [5.41, 5.74) is -0.818. The van der Waals surface area contributed by atoms with Crippen molar-refractivity contribution in [1.82, 2.24) is 0 Å².